The number of hydrogen-bond acceptors (Lipinski definition) is 3. The van der Waals surface area contributed by atoms with Crippen molar-refractivity contribution in [1.29, 1.82) is 0 Å². The first kappa shape index (κ1) is 12.7. The van der Waals surface area contributed by atoms with Crippen LogP contribution in [0.5, 0.6) is 0 Å². The number of carbonyl (C=O) groups is 1. The van der Waals surface area contributed by atoms with Crippen molar-refractivity contribution in [2.75, 3.05) is 6.54 Å². The second-order valence-electron chi connectivity index (χ2n) is 5.63. The van der Waals surface area contributed by atoms with Gasteiger partial charge in [-0.3, -0.25) is 4.79 Å². The number of amides is 1. The fraction of sp³-hybridized carbons (Fsp3) is 0.667. The molecule has 4 heteroatoms. The van der Waals surface area contributed by atoms with Crippen LogP contribution in [-0.4, -0.2) is 29.4 Å². The molecule has 104 valence electrons. The van der Waals surface area contributed by atoms with Gasteiger partial charge in [0.05, 0.1) is 18.8 Å². The van der Waals surface area contributed by atoms with E-state index in [4.69, 9.17) is 4.42 Å². The quantitative estimate of drug-likeness (QED) is 0.905. The first-order valence-electron chi connectivity index (χ1n) is 7.41. The third kappa shape index (κ3) is 2.84. The van der Waals surface area contributed by atoms with E-state index in [1.165, 1.54) is 12.8 Å². The Morgan fingerprint density at radius 1 is 1.32 bits per heavy atom. The molecule has 2 heterocycles. The van der Waals surface area contributed by atoms with Crippen molar-refractivity contribution >= 4 is 5.91 Å². The number of hydrogen-bond donors (Lipinski definition) is 1. The van der Waals surface area contributed by atoms with Crippen LogP contribution in [0.3, 0.4) is 0 Å². The highest BCUT2D eigenvalue weighted by atomic mass is 16.3. The fourth-order valence-corrected chi connectivity index (χ4v) is 3.27. The van der Waals surface area contributed by atoms with Crippen molar-refractivity contribution in [3.05, 3.63) is 24.2 Å². The summed E-state index contributed by atoms with van der Waals surface area (Å²) in [5.41, 5.74) is 0. The van der Waals surface area contributed by atoms with Gasteiger partial charge in [0.2, 0.25) is 5.91 Å². The molecule has 2 aliphatic rings. The van der Waals surface area contributed by atoms with Crippen LogP contribution in [0, 0.1) is 0 Å². The lowest BCUT2D eigenvalue weighted by Crippen LogP contribution is -2.47. The van der Waals surface area contributed by atoms with Gasteiger partial charge in [-0.2, -0.15) is 0 Å². The molecule has 0 radical (unpaired) electrons. The van der Waals surface area contributed by atoms with Crippen LogP contribution in [0.1, 0.15) is 44.3 Å². The van der Waals surface area contributed by atoms with E-state index in [0.717, 1.165) is 38.0 Å². The minimum absolute atomic E-state index is 0.0237. The van der Waals surface area contributed by atoms with Gasteiger partial charge in [-0.15, -0.1) is 0 Å². The molecule has 1 N–H and O–H groups in total. The van der Waals surface area contributed by atoms with Gasteiger partial charge in [0.25, 0.3) is 0 Å². The second-order valence-corrected chi connectivity index (χ2v) is 5.63. The largest absolute Gasteiger partial charge is 0.467 e. The van der Waals surface area contributed by atoms with Crippen LogP contribution < -0.4 is 5.32 Å². The molecule has 19 heavy (non-hydrogen) atoms. The maximum Gasteiger partial charge on any atom is 0.240 e. The average Bonchev–Trinajstić information content (AvgIpc) is 3.15. The number of furan rings is 1. The molecule has 1 atom stereocenters. The first-order valence-corrected chi connectivity index (χ1v) is 7.41. The van der Waals surface area contributed by atoms with Gasteiger partial charge in [-0.25, -0.2) is 0 Å². The van der Waals surface area contributed by atoms with Gasteiger partial charge < -0.3 is 14.6 Å². The summed E-state index contributed by atoms with van der Waals surface area (Å²) < 4.78 is 5.42. The summed E-state index contributed by atoms with van der Waals surface area (Å²) in [5.74, 6) is 1.15. The smallest absolute Gasteiger partial charge is 0.240 e. The summed E-state index contributed by atoms with van der Waals surface area (Å²) in [6.45, 7) is 1.59. The van der Waals surface area contributed by atoms with E-state index in [9.17, 15) is 4.79 Å². The van der Waals surface area contributed by atoms with E-state index in [-0.39, 0.29) is 11.9 Å². The Morgan fingerprint density at radius 2 is 2.16 bits per heavy atom. The van der Waals surface area contributed by atoms with Gasteiger partial charge in [0.1, 0.15) is 5.76 Å². The Kier molecular flexibility index (Phi) is 3.87. The van der Waals surface area contributed by atoms with Gasteiger partial charge in [-0.05, 0) is 44.4 Å². The molecule has 0 unspecified atom stereocenters. The lowest BCUT2D eigenvalue weighted by atomic mass is 10.1. The topological polar surface area (TPSA) is 45.5 Å². The normalized spacial score (nSPS) is 23.9. The summed E-state index contributed by atoms with van der Waals surface area (Å²) in [6.07, 6.45) is 8.52. The molecule has 1 aliphatic carbocycles. The SMILES string of the molecule is O=C([C@@H]1CCCN1)N(Cc1ccco1)C1CCCC1. The van der Waals surface area contributed by atoms with Crippen molar-refractivity contribution in [2.45, 2.75) is 57.2 Å². The lowest BCUT2D eigenvalue weighted by Gasteiger charge is -2.30. The number of nitrogens with zero attached hydrogens (tertiary/aromatic N) is 1. The van der Waals surface area contributed by atoms with Crippen molar-refractivity contribution in [1.82, 2.24) is 10.2 Å². The Bertz CT molecular complexity index is 404. The van der Waals surface area contributed by atoms with Gasteiger partial charge in [-0.1, -0.05) is 12.8 Å². The Morgan fingerprint density at radius 3 is 2.79 bits per heavy atom. The summed E-state index contributed by atoms with van der Waals surface area (Å²) in [5, 5.41) is 3.32. The molecule has 2 fully saturated rings. The molecule has 1 aliphatic heterocycles. The molecule has 1 amide bonds. The second kappa shape index (κ2) is 5.78. The molecular weight excluding hydrogens is 240 g/mol. The molecular formula is C15H22N2O2. The molecule has 0 aromatic carbocycles. The zero-order valence-corrected chi connectivity index (χ0v) is 11.3. The van der Waals surface area contributed by atoms with Crippen LogP contribution in [0.4, 0.5) is 0 Å². The van der Waals surface area contributed by atoms with E-state index in [2.05, 4.69) is 10.2 Å². The third-order valence-corrected chi connectivity index (χ3v) is 4.31. The van der Waals surface area contributed by atoms with Crippen molar-refractivity contribution in [2.24, 2.45) is 0 Å². The highest BCUT2D eigenvalue weighted by Crippen LogP contribution is 2.26. The van der Waals surface area contributed by atoms with E-state index >= 15 is 0 Å². The maximum atomic E-state index is 12.7. The zero-order chi connectivity index (χ0) is 13.1. The van der Waals surface area contributed by atoms with Crippen LogP contribution in [-0.2, 0) is 11.3 Å². The summed E-state index contributed by atoms with van der Waals surface area (Å²) in [7, 11) is 0. The zero-order valence-electron chi connectivity index (χ0n) is 11.3. The van der Waals surface area contributed by atoms with E-state index in [1.54, 1.807) is 6.26 Å². The van der Waals surface area contributed by atoms with E-state index in [1.807, 2.05) is 12.1 Å². The summed E-state index contributed by atoms with van der Waals surface area (Å²) in [6, 6.07) is 4.27. The highest BCUT2D eigenvalue weighted by molar-refractivity contribution is 5.82. The Balaban J connectivity index is 1.72. The van der Waals surface area contributed by atoms with Crippen LogP contribution in [0.15, 0.2) is 22.8 Å². The summed E-state index contributed by atoms with van der Waals surface area (Å²) >= 11 is 0. The Hall–Kier alpha value is -1.29. The third-order valence-electron chi connectivity index (χ3n) is 4.31. The predicted molar refractivity (Wildman–Crippen MR) is 72.5 cm³/mol. The molecule has 1 aromatic rings. The van der Waals surface area contributed by atoms with Crippen LogP contribution in [0.2, 0.25) is 0 Å². The average molecular weight is 262 g/mol. The monoisotopic (exact) mass is 262 g/mol. The van der Waals surface area contributed by atoms with Gasteiger partial charge >= 0.3 is 0 Å². The first-order chi connectivity index (χ1) is 9.34. The molecule has 1 saturated heterocycles. The minimum atomic E-state index is 0.0237. The lowest BCUT2D eigenvalue weighted by molar-refractivity contribution is -0.136. The molecule has 3 rings (SSSR count). The van der Waals surface area contributed by atoms with E-state index < -0.39 is 0 Å². The van der Waals surface area contributed by atoms with Gasteiger partial charge in [0.15, 0.2) is 0 Å². The predicted octanol–water partition coefficient (Wildman–Crippen LogP) is 2.30. The Labute approximate surface area is 114 Å². The number of nitrogens with one attached hydrogen (secondary N) is 1. The molecule has 0 spiro atoms. The molecule has 1 saturated carbocycles. The number of carbonyl (C=O) groups excluding carboxylic acids is 1. The fourth-order valence-electron chi connectivity index (χ4n) is 3.27. The van der Waals surface area contributed by atoms with Crippen molar-refractivity contribution < 1.29 is 9.21 Å². The van der Waals surface area contributed by atoms with Crippen molar-refractivity contribution in [3.63, 3.8) is 0 Å². The van der Waals surface area contributed by atoms with Crippen LogP contribution >= 0.6 is 0 Å². The van der Waals surface area contributed by atoms with Crippen LogP contribution in [0.25, 0.3) is 0 Å². The number of rotatable bonds is 4. The van der Waals surface area contributed by atoms with Crippen molar-refractivity contribution in [3.8, 4) is 0 Å². The highest BCUT2D eigenvalue weighted by Gasteiger charge is 2.33. The summed E-state index contributed by atoms with van der Waals surface area (Å²) in [4.78, 5) is 14.7. The molecule has 1 aromatic heterocycles. The standard InChI is InChI=1S/C15H22N2O2/c18-15(14-8-3-9-16-14)17(12-5-1-2-6-12)11-13-7-4-10-19-13/h4,7,10,12,14,16H,1-3,5-6,8-9,11H2/t14-/m0/s1. The maximum absolute atomic E-state index is 12.7. The van der Waals surface area contributed by atoms with E-state index in [0.29, 0.717) is 12.6 Å². The molecule has 4 nitrogen and oxygen atoms in total. The molecule has 0 bridgehead atoms. The minimum Gasteiger partial charge on any atom is -0.467 e. The van der Waals surface area contributed by atoms with Gasteiger partial charge in [0, 0.05) is 6.04 Å².